The topological polar surface area (TPSA) is 17.1 Å². The third kappa shape index (κ3) is 6.22. The number of carbonyl (C=O) groups is 1. The Morgan fingerprint density at radius 2 is 2.00 bits per heavy atom. The van der Waals surface area contributed by atoms with Crippen molar-refractivity contribution in [2.75, 3.05) is 11.6 Å². The van der Waals surface area contributed by atoms with E-state index in [-0.39, 0.29) is 17.6 Å². The summed E-state index contributed by atoms with van der Waals surface area (Å²) in [6.07, 6.45) is -4.29. The second-order valence-corrected chi connectivity index (χ2v) is 2.71. The number of hydrogen-bond donors (Lipinski definition) is 0. The Hall–Kier alpha value is 0.1000. The summed E-state index contributed by atoms with van der Waals surface area (Å²) in [5.41, 5.74) is 0. The van der Waals surface area contributed by atoms with Crippen LogP contribution in [0.2, 0.25) is 0 Å². The number of rotatable bonds is 2. The molecule has 0 aromatic heterocycles. The Bertz CT molecular complexity index is 124. The lowest BCUT2D eigenvalue weighted by atomic mass is 10.8. The largest absolute Gasteiger partial charge is 0.398 e. The smallest absolute Gasteiger partial charge is 0.286 e. The summed E-state index contributed by atoms with van der Waals surface area (Å²) in [6, 6.07) is 0. The first-order valence-electron chi connectivity index (χ1n) is 2.24. The van der Waals surface area contributed by atoms with Crippen molar-refractivity contribution in [2.45, 2.75) is 6.18 Å². The minimum atomic E-state index is -4.29. The molecule has 0 N–H and O–H groups in total. The number of alkyl halides is 4. The Morgan fingerprint density at radius 1 is 1.50 bits per heavy atom. The summed E-state index contributed by atoms with van der Waals surface area (Å²) >= 11 is 5.13. The molecule has 60 valence electrons. The minimum absolute atomic E-state index is 0.187. The van der Waals surface area contributed by atoms with E-state index in [4.69, 9.17) is 11.6 Å². The summed E-state index contributed by atoms with van der Waals surface area (Å²) in [5.74, 6) is -1.53. The fourth-order valence-corrected chi connectivity index (χ4v) is 0.834. The predicted octanol–water partition coefficient (Wildman–Crippen LogP) is 2.05. The molecule has 0 aliphatic heterocycles. The van der Waals surface area contributed by atoms with E-state index < -0.39 is 17.0 Å². The molecule has 1 nitrogen and oxygen atoms in total. The van der Waals surface area contributed by atoms with Gasteiger partial charge in [-0.3, -0.25) is 4.79 Å². The van der Waals surface area contributed by atoms with Gasteiger partial charge in [0.15, 0.2) is 0 Å². The van der Waals surface area contributed by atoms with Crippen LogP contribution in [-0.4, -0.2) is 22.9 Å². The van der Waals surface area contributed by atoms with Gasteiger partial charge in [-0.25, -0.2) is 0 Å². The fourth-order valence-electron chi connectivity index (χ4n) is 0.201. The highest BCUT2D eigenvalue weighted by Crippen LogP contribution is 2.21. The monoisotopic (exact) mass is 192 g/mol. The van der Waals surface area contributed by atoms with Gasteiger partial charge in [0.25, 0.3) is 0 Å². The summed E-state index contributed by atoms with van der Waals surface area (Å²) in [4.78, 5) is 10.2. The Morgan fingerprint density at radius 3 is 2.30 bits per heavy atom. The van der Waals surface area contributed by atoms with Crippen molar-refractivity contribution in [3.8, 4) is 0 Å². The first-order valence-corrected chi connectivity index (χ1v) is 3.76. The van der Waals surface area contributed by atoms with Crippen LogP contribution >= 0.6 is 23.4 Å². The van der Waals surface area contributed by atoms with E-state index in [0.717, 1.165) is 0 Å². The molecule has 10 heavy (non-hydrogen) atoms. The zero-order chi connectivity index (χ0) is 8.20. The molecular formula is C4H4ClF3OS. The first-order chi connectivity index (χ1) is 4.45. The van der Waals surface area contributed by atoms with E-state index >= 15 is 0 Å². The van der Waals surface area contributed by atoms with Crippen molar-refractivity contribution in [2.24, 2.45) is 0 Å². The number of carbonyl (C=O) groups excluding carboxylic acids is 1. The van der Waals surface area contributed by atoms with Gasteiger partial charge in [-0.2, -0.15) is 13.2 Å². The predicted molar refractivity (Wildman–Crippen MR) is 34.2 cm³/mol. The normalized spacial score (nSPS) is 11.6. The van der Waals surface area contributed by atoms with Crippen LogP contribution in [0.15, 0.2) is 0 Å². The summed E-state index contributed by atoms with van der Waals surface area (Å²) in [7, 11) is 0. The van der Waals surface area contributed by atoms with Crippen molar-refractivity contribution in [3.63, 3.8) is 0 Å². The van der Waals surface area contributed by atoms with Crippen molar-refractivity contribution in [1.29, 1.82) is 0 Å². The van der Waals surface area contributed by atoms with E-state index in [1.165, 1.54) is 0 Å². The van der Waals surface area contributed by atoms with Gasteiger partial charge in [0.1, 0.15) is 0 Å². The maximum absolute atomic E-state index is 11.3. The average Bonchev–Trinajstić information content (AvgIpc) is 1.81. The van der Waals surface area contributed by atoms with Crippen LogP contribution in [0.3, 0.4) is 0 Å². The lowest BCUT2D eigenvalue weighted by Crippen LogP contribution is -2.13. The van der Waals surface area contributed by atoms with Gasteiger partial charge in [0.2, 0.25) is 5.12 Å². The minimum Gasteiger partial charge on any atom is -0.286 e. The molecule has 0 aromatic rings. The Balaban J connectivity index is 3.46. The molecule has 0 atom stereocenters. The molecule has 0 saturated heterocycles. The van der Waals surface area contributed by atoms with Crippen molar-refractivity contribution >= 4 is 28.5 Å². The zero-order valence-electron chi connectivity index (χ0n) is 4.74. The highest BCUT2D eigenvalue weighted by atomic mass is 35.5. The van der Waals surface area contributed by atoms with Crippen LogP contribution < -0.4 is 0 Å². The number of thioether (sulfide) groups is 1. The van der Waals surface area contributed by atoms with Crippen LogP contribution in [0.5, 0.6) is 0 Å². The summed E-state index contributed by atoms with van der Waals surface area (Å²) in [5, 5.41) is -0.654. The van der Waals surface area contributed by atoms with Crippen LogP contribution in [-0.2, 0) is 4.79 Å². The van der Waals surface area contributed by atoms with E-state index in [1.807, 2.05) is 0 Å². The van der Waals surface area contributed by atoms with Crippen molar-refractivity contribution in [3.05, 3.63) is 0 Å². The van der Waals surface area contributed by atoms with Gasteiger partial charge in [0.05, 0.1) is 11.6 Å². The third-order valence-electron chi connectivity index (χ3n) is 0.506. The maximum atomic E-state index is 11.3. The quantitative estimate of drug-likeness (QED) is 0.623. The van der Waals surface area contributed by atoms with Crippen LogP contribution in [0, 0.1) is 0 Å². The van der Waals surface area contributed by atoms with Gasteiger partial charge in [-0.05, 0) is 0 Å². The molecule has 0 aliphatic carbocycles. The van der Waals surface area contributed by atoms with E-state index in [2.05, 4.69) is 0 Å². The SMILES string of the molecule is O=C(CCl)SCC(F)(F)F. The highest BCUT2D eigenvalue weighted by molar-refractivity contribution is 8.13. The second-order valence-electron chi connectivity index (χ2n) is 1.41. The Kier molecular flexibility index (Phi) is 4.12. The first kappa shape index (κ1) is 10.1. The standard InChI is InChI=1S/C4H4ClF3OS/c5-1-3(9)10-2-4(6,7)8/h1-2H2. The van der Waals surface area contributed by atoms with Gasteiger partial charge < -0.3 is 0 Å². The molecule has 0 fully saturated rings. The molecule has 0 saturated carbocycles. The lowest BCUT2D eigenvalue weighted by molar-refractivity contribution is -0.112. The van der Waals surface area contributed by atoms with Crippen LogP contribution in [0.25, 0.3) is 0 Å². The molecule has 0 aromatic carbocycles. The van der Waals surface area contributed by atoms with Crippen molar-refractivity contribution < 1.29 is 18.0 Å². The van der Waals surface area contributed by atoms with E-state index in [0.29, 0.717) is 0 Å². The molecule has 0 spiro atoms. The van der Waals surface area contributed by atoms with Crippen molar-refractivity contribution in [1.82, 2.24) is 0 Å². The highest BCUT2D eigenvalue weighted by Gasteiger charge is 2.28. The molecule has 0 amide bonds. The number of halogens is 4. The molecular weight excluding hydrogens is 189 g/mol. The fraction of sp³-hybridized carbons (Fsp3) is 0.750. The molecule has 0 heterocycles. The van der Waals surface area contributed by atoms with Gasteiger partial charge in [-0.15, -0.1) is 11.6 Å². The van der Waals surface area contributed by atoms with E-state index in [1.54, 1.807) is 0 Å². The number of hydrogen-bond acceptors (Lipinski definition) is 2. The summed E-state index contributed by atoms with van der Waals surface area (Å²) in [6.45, 7) is 0. The molecule has 6 heteroatoms. The van der Waals surface area contributed by atoms with Crippen LogP contribution in [0.4, 0.5) is 13.2 Å². The Labute approximate surface area is 64.9 Å². The van der Waals surface area contributed by atoms with Crippen LogP contribution in [0.1, 0.15) is 0 Å². The third-order valence-corrected chi connectivity index (χ3v) is 1.85. The average molecular weight is 193 g/mol. The zero-order valence-corrected chi connectivity index (χ0v) is 6.31. The van der Waals surface area contributed by atoms with Gasteiger partial charge in [0, 0.05) is 0 Å². The molecule has 0 rings (SSSR count). The molecule has 0 unspecified atom stereocenters. The second kappa shape index (κ2) is 4.08. The lowest BCUT2D eigenvalue weighted by Gasteiger charge is -2.02. The van der Waals surface area contributed by atoms with Gasteiger partial charge >= 0.3 is 6.18 Å². The molecule has 0 radical (unpaired) electrons. The van der Waals surface area contributed by atoms with Gasteiger partial charge in [-0.1, -0.05) is 11.8 Å². The molecule has 0 bridgehead atoms. The van der Waals surface area contributed by atoms with E-state index in [9.17, 15) is 18.0 Å². The maximum Gasteiger partial charge on any atom is 0.398 e. The molecule has 0 aliphatic rings. The summed E-state index contributed by atoms with van der Waals surface area (Å²) < 4.78 is 34.0.